The van der Waals surface area contributed by atoms with E-state index in [2.05, 4.69) is 11.6 Å². The second-order valence-electron chi connectivity index (χ2n) is 4.56. The summed E-state index contributed by atoms with van der Waals surface area (Å²) in [6.07, 6.45) is 6.05. The van der Waals surface area contributed by atoms with Gasteiger partial charge in [-0.25, -0.2) is 0 Å². The number of allylic oxidation sites excluding steroid dienone is 1. The number of nitrogens with zero attached hydrogens (tertiary/aromatic N) is 1. The van der Waals surface area contributed by atoms with Crippen LogP contribution >= 0.6 is 0 Å². The van der Waals surface area contributed by atoms with Crippen molar-refractivity contribution < 1.29 is 18.3 Å². The van der Waals surface area contributed by atoms with Gasteiger partial charge < -0.3 is 9.47 Å². The molecular weight excluding hydrogens is 264 g/mol. The van der Waals surface area contributed by atoms with Gasteiger partial charge in [0.1, 0.15) is 5.75 Å². The molecule has 112 valence electrons. The van der Waals surface area contributed by atoms with Crippen molar-refractivity contribution in [3.63, 3.8) is 0 Å². The number of unbranched alkanes of at least 4 members (excludes halogenated alkanes) is 4. The summed E-state index contributed by atoms with van der Waals surface area (Å²) in [6, 6.07) is 2.17. The molecule has 0 fully saturated rings. The maximum absolute atomic E-state index is 12.8. The SMILES string of the molecule is C=C(CCCCCCCOc1cc(F)nc(F)c1)OC. The van der Waals surface area contributed by atoms with Crippen LogP contribution in [0.3, 0.4) is 0 Å². The monoisotopic (exact) mass is 285 g/mol. The molecule has 0 saturated carbocycles. The van der Waals surface area contributed by atoms with E-state index in [9.17, 15) is 8.78 Å². The summed E-state index contributed by atoms with van der Waals surface area (Å²) in [5.74, 6) is -0.724. The minimum atomic E-state index is -0.863. The minimum absolute atomic E-state index is 0.186. The zero-order valence-electron chi connectivity index (χ0n) is 11.8. The normalized spacial score (nSPS) is 10.3. The summed E-state index contributed by atoms with van der Waals surface area (Å²) < 4.78 is 35.8. The summed E-state index contributed by atoms with van der Waals surface area (Å²) in [5, 5.41) is 0. The van der Waals surface area contributed by atoms with Gasteiger partial charge in [0, 0.05) is 18.6 Å². The van der Waals surface area contributed by atoms with Crippen LogP contribution in [0.15, 0.2) is 24.5 Å². The summed E-state index contributed by atoms with van der Waals surface area (Å²) in [5.41, 5.74) is 0. The Labute approximate surface area is 118 Å². The third-order valence-electron chi connectivity index (χ3n) is 2.89. The quantitative estimate of drug-likeness (QED) is 0.366. The molecule has 1 heterocycles. The molecule has 0 aliphatic rings. The fourth-order valence-corrected chi connectivity index (χ4v) is 1.77. The van der Waals surface area contributed by atoms with E-state index in [-0.39, 0.29) is 5.75 Å². The first-order valence-electron chi connectivity index (χ1n) is 6.79. The van der Waals surface area contributed by atoms with Crippen molar-refractivity contribution in [2.75, 3.05) is 13.7 Å². The highest BCUT2D eigenvalue weighted by molar-refractivity contribution is 5.18. The Bertz CT molecular complexity index is 404. The predicted molar refractivity (Wildman–Crippen MR) is 73.5 cm³/mol. The molecule has 1 aromatic rings. The van der Waals surface area contributed by atoms with E-state index < -0.39 is 11.9 Å². The molecule has 5 heteroatoms. The predicted octanol–water partition coefficient (Wildman–Crippen LogP) is 4.24. The molecule has 0 atom stereocenters. The van der Waals surface area contributed by atoms with E-state index in [4.69, 9.17) is 9.47 Å². The number of hydrogen-bond donors (Lipinski definition) is 0. The second kappa shape index (κ2) is 9.28. The van der Waals surface area contributed by atoms with Gasteiger partial charge in [0.25, 0.3) is 0 Å². The molecule has 0 saturated heterocycles. The first kappa shape index (κ1) is 16.4. The Morgan fingerprint density at radius 3 is 2.35 bits per heavy atom. The average Bonchev–Trinajstić information content (AvgIpc) is 2.40. The van der Waals surface area contributed by atoms with Crippen molar-refractivity contribution in [2.24, 2.45) is 0 Å². The van der Waals surface area contributed by atoms with Gasteiger partial charge in [-0.3, -0.25) is 0 Å². The van der Waals surface area contributed by atoms with Gasteiger partial charge in [0.2, 0.25) is 11.9 Å². The zero-order valence-corrected chi connectivity index (χ0v) is 11.8. The maximum atomic E-state index is 12.8. The van der Waals surface area contributed by atoms with E-state index in [1.165, 1.54) is 0 Å². The molecule has 0 radical (unpaired) electrons. The standard InChI is InChI=1S/C15H21F2NO2/c1-12(19-2)8-6-4-3-5-7-9-20-13-10-14(16)18-15(17)11-13/h10-11H,1,3-9H2,2H3. The van der Waals surface area contributed by atoms with Crippen molar-refractivity contribution in [2.45, 2.75) is 38.5 Å². The van der Waals surface area contributed by atoms with Crippen molar-refractivity contribution >= 4 is 0 Å². The number of rotatable bonds is 10. The highest BCUT2D eigenvalue weighted by Gasteiger charge is 2.02. The average molecular weight is 285 g/mol. The zero-order chi connectivity index (χ0) is 14.8. The number of halogens is 2. The highest BCUT2D eigenvalue weighted by Crippen LogP contribution is 2.14. The van der Waals surface area contributed by atoms with Crippen LogP contribution in [0.2, 0.25) is 0 Å². The minimum Gasteiger partial charge on any atom is -0.502 e. The second-order valence-corrected chi connectivity index (χ2v) is 4.56. The molecular formula is C15H21F2NO2. The van der Waals surface area contributed by atoms with Crippen LogP contribution in [0.4, 0.5) is 8.78 Å². The smallest absolute Gasteiger partial charge is 0.219 e. The molecule has 0 aliphatic carbocycles. The van der Waals surface area contributed by atoms with E-state index in [1.807, 2.05) is 0 Å². The van der Waals surface area contributed by atoms with E-state index >= 15 is 0 Å². The molecule has 0 aliphatic heterocycles. The molecule has 0 unspecified atom stereocenters. The summed E-state index contributed by atoms with van der Waals surface area (Å²) >= 11 is 0. The van der Waals surface area contributed by atoms with Crippen molar-refractivity contribution in [1.29, 1.82) is 0 Å². The van der Waals surface area contributed by atoms with Gasteiger partial charge in [-0.1, -0.05) is 25.8 Å². The van der Waals surface area contributed by atoms with Crippen LogP contribution in [0, 0.1) is 11.9 Å². The Balaban J connectivity index is 2.03. The molecule has 0 spiro atoms. The highest BCUT2D eigenvalue weighted by atomic mass is 19.1. The van der Waals surface area contributed by atoms with E-state index in [0.29, 0.717) is 6.61 Å². The van der Waals surface area contributed by atoms with Crippen LogP contribution in [0.25, 0.3) is 0 Å². The number of pyridine rings is 1. The molecule has 0 amide bonds. The van der Waals surface area contributed by atoms with Gasteiger partial charge in [0.05, 0.1) is 19.5 Å². The Morgan fingerprint density at radius 2 is 1.70 bits per heavy atom. The summed E-state index contributed by atoms with van der Waals surface area (Å²) in [4.78, 5) is 3.00. The van der Waals surface area contributed by atoms with Gasteiger partial charge in [-0.15, -0.1) is 0 Å². The van der Waals surface area contributed by atoms with Crippen LogP contribution in [-0.4, -0.2) is 18.7 Å². The lowest BCUT2D eigenvalue weighted by molar-refractivity contribution is 0.275. The van der Waals surface area contributed by atoms with Gasteiger partial charge in [-0.05, 0) is 12.8 Å². The largest absolute Gasteiger partial charge is 0.502 e. The van der Waals surface area contributed by atoms with Gasteiger partial charge in [0.15, 0.2) is 0 Å². The number of methoxy groups -OCH3 is 1. The number of aromatic nitrogens is 1. The molecule has 0 bridgehead atoms. The molecule has 3 nitrogen and oxygen atoms in total. The van der Waals surface area contributed by atoms with Crippen molar-refractivity contribution in [3.8, 4) is 5.75 Å². The first-order valence-corrected chi connectivity index (χ1v) is 6.79. The molecule has 0 N–H and O–H groups in total. The van der Waals surface area contributed by atoms with Gasteiger partial charge in [-0.2, -0.15) is 13.8 Å². The van der Waals surface area contributed by atoms with Crippen LogP contribution < -0.4 is 4.74 Å². The Morgan fingerprint density at radius 1 is 1.10 bits per heavy atom. The van der Waals surface area contributed by atoms with Crippen LogP contribution in [-0.2, 0) is 4.74 Å². The van der Waals surface area contributed by atoms with Crippen molar-refractivity contribution in [1.82, 2.24) is 4.98 Å². The number of ether oxygens (including phenoxy) is 2. The molecule has 1 aromatic heterocycles. The Hall–Kier alpha value is -1.65. The third-order valence-corrected chi connectivity index (χ3v) is 2.89. The van der Waals surface area contributed by atoms with Crippen molar-refractivity contribution in [3.05, 3.63) is 36.4 Å². The molecule has 20 heavy (non-hydrogen) atoms. The topological polar surface area (TPSA) is 31.4 Å². The summed E-state index contributed by atoms with van der Waals surface area (Å²) in [7, 11) is 1.63. The third kappa shape index (κ3) is 7.07. The fraction of sp³-hybridized carbons (Fsp3) is 0.533. The number of hydrogen-bond acceptors (Lipinski definition) is 3. The lowest BCUT2D eigenvalue weighted by Gasteiger charge is -2.06. The van der Waals surface area contributed by atoms with Crippen LogP contribution in [0.1, 0.15) is 38.5 Å². The maximum Gasteiger partial charge on any atom is 0.219 e. The first-order chi connectivity index (χ1) is 9.61. The van der Waals surface area contributed by atoms with E-state index in [1.54, 1.807) is 7.11 Å². The molecule has 1 rings (SSSR count). The van der Waals surface area contributed by atoms with E-state index in [0.717, 1.165) is 56.4 Å². The fourth-order valence-electron chi connectivity index (χ4n) is 1.77. The Kier molecular flexibility index (Phi) is 7.62. The van der Waals surface area contributed by atoms with Crippen LogP contribution in [0.5, 0.6) is 5.75 Å². The van der Waals surface area contributed by atoms with Gasteiger partial charge >= 0.3 is 0 Å². The molecule has 0 aromatic carbocycles. The summed E-state index contributed by atoms with van der Waals surface area (Å²) in [6.45, 7) is 4.21. The lowest BCUT2D eigenvalue weighted by atomic mass is 10.1. The lowest BCUT2D eigenvalue weighted by Crippen LogP contribution is -1.99.